The lowest BCUT2D eigenvalue weighted by atomic mass is 10.0. The van der Waals surface area contributed by atoms with Gasteiger partial charge < -0.3 is 14.6 Å². The molecule has 2 aromatic heterocycles. The van der Waals surface area contributed by atoms with Crippen LogP contribution in [0.15, 0.2) is 59.7 Å². The van der Waals surface area contributed by atoms with Crippen LogP contribution in [0, 0.1) is 0 Å². The van der Waals surface area contributed by atoms with Crippen LogP contribution in [0.1, 0.15) is 25.7 Å². The van der Waals surface area contributed by atoms with Gasteiger partial charge >= 0.3 is 0 Å². The maximum absolute atomic E-state index is 13.3. The second kappa shape index (κ2) is 11.6. The van der Waals surface area contributed by atoms with E-state index in [0.29, 0.717) is 39.0 Å². The van der Waals surface area contributed by atoms with Gasteiger partial charge in [-0.05, 0) is 61.7 Å². The highest BCUT2D eigenvalue weighted by atomic mass is 35.5. The van der Waals surface area contributed by atoms with Crippen molar-refractivity contribution in [2.24, 2.45) is 0 Å². The highest BCUT2D eigenvalue weighted by Crippen LogP contribution is 2.33. The molecule has 1 unspecified atom stereocenters. The molecular weight excluding hydrogens is 510 g/mol. The first kappa shape index (κ1) is 25.7. The maximum Gasteiger partial charge on any atom is 0.275 e. The Balaban J connectivity index is 1.31. The molecule has 7 nitrogen and oxygen atoms in total. The normalized spacial score (nSPS) is 16.2. The summed E-state index contributed by atoms with van der Waals surface area (Å²) in [6, 6.07) is 15.2. The van der Waals surface area contributed by atoms with Gasteiger partial charge in [0.15, 0.2) is 11.5 Å². The Bertz CT molecular complexity index is 1420. The van der Waals surface area contributed by atoms with Crippen molar-refractivity contribution < 1.29 is 14.6 Å². The van der Waals surface area contributed by atoms with Crippen molar-refractivity contribution in [2.75, 3.05) is 33.4 Å². The molecule has 3 heterocycles. The number of aliphatic hydroxyl groups is 1. The molecule has 1 N–H and O–H groups in total. The quantitative estimate of drug-likeness (QED) is 0.287. The molecule has 1 aliphatic rings. The van der Waals surface area contributed by atoms with E-state index in [0.717, 1.165) is 36.4 Å². The fraction of sp³-hybridized carbons (Fsp3) is 0.357. The zero-order valence-electron chi connectivity index (χ0n) is 20.7. The third kappa shape index (κ3) is 5.67. The van der Waals surface area contributed by atoms with E-state index < -0.39 is 0 Å². The summed E-state index contributed by atoms with van der Waals surface area (Å²) in [5.41, 5.74) is 2.18. The Labute approximate surface area is 224 Å². The van der Waals surface area contributed by atoms with Crippen LogP contribution in [0.3, 0.4) is 0 Å². The van der Waals surface area contributed by atoms with Crippen LogP contribution < -0.4 is 15.0 Å². The summed E-state index contributed by atoms with van der Waals surface area (Å²) in [5, 5.41) is 10.3. The first-order valence-corrected chi connectivity index (χ1v) is 13.7. The monoisotopic (exact) mass is 539 g/mol. The van der Waals surface area contributed by atoms with Crippen molar-refractivity contribution in [3.8, 4) is 27.6 Å². The van der Waals surface area contributed by atoms with E-state index >= 15 is 0 Å². The van der Waals surface area contributed by atoms with Crippen molar-refractivity contribution in [3.63, 3.8) is 0 Å². The lowest BCUT2D eigenvalue weighted by Gasteiger charge is -2.34. The Morgan fingerprint density at radius 2 is 1.97 bits per heavy atom. The second-order valence-electron chi connectivity index (χ2n) is 9.16. The number of halogens is 1. The highest BCUT2D eigenvalue weighted by molar-refractivity contribution is 7.22. The molecule has 0 radical (unpaired) electrons. The third-order valence-electron chi connectivity index (χ3n) is 6.80. The Morgan fingerprint density at radius 3 is 2.76 bits per heavy atom. The molecule has 0 spiro atoms. The van der Waals surface area contributed by atoms with Crippen molar-refractivity contribution in [2.45, 2.75) is 31.7 Å². The average Bonchev–Trinajstić information content (AvgIpc) is 3.37. The van der Waals surface area contributed by atoms with E-state index in [1.54, 1.807) is 19.5 Å². The first-order valence-electron chi connectivity index (χ1n) is 12.5. The van der Waals surface area contributed by atoms with Crippen LogP contribution in [-0.2, 0) is 0 Å². The summed E-state index contributed by atoms with van der Waals surface area (Å²) in [6.07, 6.45) is 5.83. The zero-order chi connectivity index (χ0) is 25.8. The topological polar surface area (TPSA) is 76.8 Å². The number of hydrogen-bond acceptors (Lipinski definition) is 7. The van der Waals surface area contributed by atoms with Gasteiger partial charge in [0.2, 0.25) is 0 Å². The number of nitrogens with zero attached hydrogens (tertiary/aromatic N) is 3. The van der Waals surface area contributed by atoms with Crippen LogP contribution in [0.4, 0.5) is 0 Å². The summed E-state index contributed by atoms with van der Waals surface area (Å²) in [6.45, 7) is 2.68. The van der Waals surface area contributed by atoms with Gasteiger partial charge in [-0.3, -0.25) is 14.3 Å². The van der Waals surface area contributed by atoms with Gasteiger partial charge in [0.05, 0.1) is 31.5 Å². The molecule has 1 saturated heterocycles. The number of likely N-dealkylation sites (tertiary alicyclic amines) is 1. The van der Waals surface area contributed by atoms with E-state index in [2.05, 4.69) is 9.88 Å². The van der Waals surface area contributed by atoms with Crippen LogP contribution in [0.2, 0.25) is 5.02 Å². The molecule has 0 aliphatic carbocycles. The number of thiophene rings is 1. The van der Waals surface area contributed by atoms with Crippen LogP contribution in [-0.4, -0.2) is 59.0 Å². The maximum atomic E-state index is 13.3. The highest BCUT2D eigenvalue weighted by Gasteiger charge is 2.21. The molecule has 4 aromatic rings. The van der Waals surface area contributed by atoms with Crippen molar-refractivity contribution >= 4 is 33.2 Å². The van der Waals surface area contributed by atoms with Gasteiger partial charge in [0.1, 0.15) is 11.0 Å². The summed E-state index contributed by atoms with van der Waals surface area (Å²) in [5.74, 6) is 1.19. The van der Waals surface area contributed by atoms with E-state index in [4.69, 9.17) is 21.1 Å². The van der Waals surface area contributed by atoms with Crippen LogP contribution in [0.25, 0.3) is 26.3 Å². The molecule has 5 rings (SSSR count). The Kier molecular flexibility index (Phi) is 8.10. The number of fused-ring (bicyclic) bond motifs is 1. The summed E-state index contributed by atoms with van der Waals surface area (Å²) in [4.78, 5) is 21.2. The van der Waals surface area contributed by atoms with Crippen molar-refractivity contribution in [1.29, 1.82) is 0 Å². The Hall–Kier alpha value is -2.91. The third-order valence-corrected chi connectivity index (χ3v) is 8.21. The fourth-order valence-corrected chi connectivity index (χ4v) is 5.96. The van der Waals surface area contributed by atoms with E-state index in [9.17, 15) is 9.90 Å². The van der Waals surface area contributed by atoms with Gasteiger partial charge in [-0.15, -0.1) is 11.3 Å². The molecule has 1 fully saturated rings. The van der Waals surface area contributed by atoms with Crippen LogP contribution >= 0.6 is 22.9 Å². The van der Waals surface area contributed by atoms with Crippen LogP contribution in [0.5, 0.6) is 11.5 Å². The fourth-order valence-electron chi connectivity index (χ4n) is 4.79. The zero-order valence-corrected chi connectivity index (χ0v) is 22.3. The standard InChI is InChI=1S/C28H30ClN3O4S/c1-35-25-15-21(10-11-24(25)36-14-4-13-31-12-3-2-5-22(31)17-33)32-18-30-23-16-26(37-27(23)28(32)34)19-6-8-20(29)9-7-19/h6-11,15-16,18,22,33H,2-5,12-14,17H2,1H3. The van der Waals surface area contributed by atoms with Crippen molar-refractivity contribution in [3.05, 3.63) is 70.2 Å². The second-order valence-corrected chi connectivity index (χ2v) is 10.6. The van der Waals surface area contributed by atoms with E-state index in [1.807, 2.05) is 42.5 Å². The van der Waals surface area contributed by atoms with Crippen molar-refractivity contribution in [1.82, 2.24) is 14.5 Å². The number of piperidine rings is 1. The smallest absolute Gasteiger partial charge is 0.275 e. The van der Waals surface area contributed by atoms with Gasteiger partial charge in [-0.25, -0.2) is 4.98 Å². The molecule has 1 aliphatic heterocycles. The minimum Gasteiger partial charge on any atom is -0.493 e. The van der Waals surface area contributed by atoms with Gasteiger partial charge in [-0.1, -0.05) is 30.2 Å². The number of ether oxygens (including phenoxy) is 2. The SMILES string of the molecule is COc1cc(-n2cnc3cc(-c4ccc(Cl)cc4)sc3c2=O)ccc1OCCCN1CCCCC1CO. The molecule has 0 saturated carbocycles. The molecular formula is C28H30ClN3O4S. The van der Waals surface area contributed by atoms with Gasteiger partial charge in [-0.2, -0.15) is 0 Å². The summed E-state index contributed by atoms with van der Waals surface area (Å²) >= 11 is 7.43. The summed E-state index contributed by atoms with van der Waals surface area (Å²) in [7, 11) is 1.59. The Morgan fingerprint density at radius 1 is 1.14 bits per heavy atom. The number of hydrogen-bond donors (Lipinski definition) is 1. The number of aliphatic hydroxyl groups excluding tert-OH is 1. The number of benzene rings is 2. The molecule has 37 heavy (non-hydrogen) atoms. The molecule has 0 bridgehead atoms. The minimum absolute atomic E-state index is 0.133. The van der Waals surface area contributed by atoms with Gasteiger partial charge in [0, 0.05) is 28.6 Å². The molecule has 0 amide bonds. The lowest BCUT2D eigenvalue weighted by Crippen LogP contribution is -2.42. The molecule has 1 atom stereocenters. The predicted octanol–water partition coefficient (Wildman–Crippen LogP) is 5.39. The predicted molar refractivity (Wildman–Crippen MR) is 149 cm³/mol. The molecule has 194 valence electrons. The van der Waals surface area contributed by atoms with E-state index in [-0.39, 0.29) is 18.2 Å². The molecule has 9 heteroatoms. The molecule has 2 aromatic carbocycles. The number of methoxy groups -OCH3 is 1. The number of aromatic nitrogens is 2. The average molecular weight is 540 g/mol. The largest absolute Gasteiger partial charge is 0.493 e. The summed E-state index contributed by atoms with van der Waals surface area (Å²) < 4.78 is 13.7. The lowest BCUT2D eigenvalue weighted by molar-refractivity contribution is 0.0850. The van der Waals surface area contributed by atoms with E-state index in [1.165, 1.54) is 28.7 Å². The number of rotatable bonds is 9. The first-order chi connectivity index (χ1) is 18.1. The minimum atomic E-state index is -0.133. The van der Waals surface area contributed by atoms with Gasteiger partial charge in [0.25, 0.3) is 5.56 Å².